The van der Waals surface area contributed by atoms with Gasteiger partial charge in [-0.15, -0.1) is 5.10 Å². The van der Waals surface area contributed by atoms with Gasteiger partial charge < -0.3 is 16.0 Å². The minimum atomic E-state index is -0.375. The molecule has 0 fully saturated rings. The van der Waals surface area contributed by atoms with Gasteiger partial charge in [-0.3, -0.25) is 4.79 Å². The number of nitrogens with two attached hydrogens (primary N) is 1. The summed E-state index contributed by atoms with van der Waals surface area (Å²) in [6.45, 7) is 0.380. The number of imidazole rings is 1. The molecule has 0 saturated heterocycles. The van der Waals surface area contributed by atoms with Crippen LogP contribution in [0.5, 0.6) is 0 Å². The highest BCUT2D eigenvalue weighted by Gasteiger charge is 2.14. The predicted octanol–water partition coefficient (Wildman–Crippen LogP) is 3.77. The maximum absolute atomic E-state index is 12.7. The van der Waals surface area contributed by atoms with Crippen molar-refractivity contribution in [1.82, 2.24) is 25.0 Å². The van der Waals surface area contributed by atoms with Crippen molar-refractivity contribution in [1.29, 1.82) is 0 Å². The Labute approximate surface area is 175 Å². The zero-order chi connectivity index (χ0) is 20.5. The summed E-state index contributed by atoms with van der Waals surface area (Å²) in [6, 6.07) is 15.4. The van der Waals surface area contributed by atoms with Crippen LogP contribution in [0.15, 0.2) is 65.5 Å². The number of hydrogen-bond acceptors (Lipinski definition) is 6. The number of aromatic nitrogens is 5. The number of benzene rings is 2. The number of nitrogen functional groups attached to an aromatic ring is 1. The molecule has 0 unspecified atom stereocenters. The number of amides is 1. The molecule has 3 aromatic heterocycles. The van der Waals surface area contributed by atoms with E-state index in [0.717, 1.165) is 28.0 Å². The number of anilines is 2. The van der Waals surface area contributed by atoms with E-state index >= 15 is 0 Å². The lowest BCUT2D eigenvalue weighted by molar-refractivity contribution is 0.102. The molecule has 0 radical (unpaired) electrons. The van der Waals surface area contributed by atoms with Crippen molar-refractivity contribution in [3.63, 3.8) is 0 Å². The van der Waals surface area contributed by atoms with E-state index in [2.05, 4.69) is 25.6 Å². The smallest absolute Gasteiger partial charge is 0.277 e. The van der Waals surface area contributed by atoms with Gasteiger partial charge in [-0.05, 0) is 52.2 Å². The SMILES string of the molecule is Nc1ccc(-c2ccsc2)cc1NC(=O)c1cn(Cc2nc3ccccc3[nH]2)nn1. The van der Waals surface area contributed by atoms with E-state index in [0.29, 0.717) is 17.9 Å². The van der Waals surface area contributed by atoms with Crippen molar-refractivity contribution in [2.24, 2.45) is 0 Å². The third kappa shape index (κ3) is 3.53. The molecule has 0 aliphatic carbocycles. The first-order chi connectivity index (χ1) is 14.7. The van der Waals surface area contributed by atoms with Crippen LogP contribution in [0.2, 0.25) is 0 Å². The Morgan fingerprint density at radius 2 is 2.07 bits per heavy atom. The fourth-order valence-corrected chi connectivity index (χ4v) is 3.84. The molecule has 0 aliphatic heterocycles. The van der Waals surface area contributed by atoms with Gasteiger partial charge in [0.2, 0.25) is 0 Å². The lowest BCUT2D eigenvalue weighted by atomic mass is 10.1. The van der Waals surface area contributed by atoms with Crippen LogP contribution >= 0.6 is 11.3 Å². The first-order valence-electron chi connectivity index (χ1n) is 9.23. The number of H-pyrrole nitrogens is 1. The second kappa shape index (κ2) is 7.45. The lowest BCUT2D eigenvalue weighted by Crippen LogP contribution is -2.13. The van der Waals surface area contributed by atoms with Gasteiger partial charge in [-0.25, -0.2) is 9.67 Å². The van der Waals surface area contributed by atoms with Gasteiger partial charge in [-0.1, -0.05) is 23.4 Å². The number of nitrogens with one attached hydrogen (secondary N) is 2. The number of hydrogen-bond donors (Lipinski definition) is 3. The zero-order valence-corrected chi connectivity index (χ0v) is 16.6. The van der Waals surface area contributed by atoms with E-state index in [1.807, 2.05) is 53.2 Å². The Hall–Kier alpha value is -3.98. The fraction of sp³-hybridized carbons (Fsp3) is 0.0476. The second-order valence-electron chi connectivity index (χ2n) is 6.77. The van der Waals surface area contributed by atoms with Crippen molar-refractivity contribution >= 4 is 39.7 Å². The van der Waals surface area contributed by atoms with E-state index < -0.39 is 0 Å². The van der Waals surface area contributed by atoms with E-state index in [-0.39, 0.29) is 11.6 Å². The van der Waals surface area contributed by atoms with Crippen LogP contribution in [-0.4, -0.2) is 30.9 Å². The number of rotatable bonds is 5. The molecular weight excluding hydrogens is 398 g/mol. The minimum absolute atomic E-state index is 0.200. The van der Waals surface area contributed by atoms with E-state index in [1.165, 1.54) is 0 Å². The Morgan fingerprint density at radius 1 is 1.17 bits per heavy atom. The highest BCUT2D eigenvalue weighted by Crippen LogP contribution is 2.28. The molecule has 0 atom stereocenters. The second-order valence-corrected chi connectivity index (χ2v) is 7.55. The summed E-state index contributed by atoms with van der Waals surface area (Å²) in [5.74, 6) is 0.362. The number of fused-ring (bicyclic) bond motifs is 1. The number of nitrogens with zero attached hydrogens (tertiary/aromatic N) is 4. The molecule has 0 spiro atoms. The van der Waals surface area contributed by atoms with Crippen LogP contribution < -0.4 is 11.1 Å². The molecule has 3 heterocycles. The number of aromatic amines is 1. The summed E-state index contributed by atoms with van der Waals surface area (Å²) in [6.07, 6.45) is 1.58. The largest absolute Gasteiger partial charge is 0.397 e. The molecule has 5 aromatic rings. The maximum Gasteiger partial charge on any atom is 0.277 e. The molecular formula is C21H17N7OS. The normalized spacial score (nSPS) is 11.1. The monoisotopic (exact) mass is 415 g/mol. The predicted molar refractivity (Wildman–Crippen MR) is 117 cm³/mol. The fourth-order valence-electron chi connectivity index (χ4n) is 3.17. The molecule has 1 amide bonds. The third-order valence-corrected chi connectivity index (χ3v) is 5.36. The van der Waals surface area contributed by atoms with Crippen molar-refractivity contribution in [2.75, 3.05) is 11.1 Å². The molecule has 148 valence electrons. The first kappa shape index (κ1) is 18.1. The summed E-state index contributed by atoms with van der Waals surface area (Å²) >= 11 is 1.61. The zero-order valence-electron chi connectivity index (χ0n) is 15.7. The van der Waals surface area contributed by atoms with Gasteiger partial charge in [0.25, 0.3) is 5.91 Å². The van der Waals surface area contributed by atoms with Gasteiger partial charge in [0.05, 0.1) is 28.6 Å². The Kier molecular flexibility index (Phi) is 4.49. The number of thiophene rings is 1. The number of para-hydroxylation sites is 2. The van der Waals surface area contributed by atoms with Crippen molar-refractivity contribution < 1.29 is 4.79 Å². The summed E-state index contributed by atoms with van der Waals surface area (Å²) in [5.41, 5.74) is 11.2. The highest BCUT2D eigenvalue weighted by atomic mass is 32.1. The van der Waals surface area contributed by atoms with E-state index in [1.54, 1.807) is 28.3 Å². The first-order valence-corrected chi connectivity index (χ1v) is 10.2. The van der Waals surface area contributed by atoms with Gasteiger partial charge in [0, 0.05) is 0 Å². The molecule has 5 rings (SSSR count). The highest BCUT2D eigenvalue weighted by molar-refractivity contribution is 7.08. The average Bonchev–Trinajstić information content (AvgIpc) is 3.50. The Bertz CT molecular complexity index is 1300. The Morgan fingerprint density at radius 3 is 2.90 bits per heavy atom. The summed E-state index contributed by atoms with van der Waals surface area (Å²) in [7, 11) is 0. The molecule has 8 nitrogen and oxygen atoms in total. The summed E-state index contributed by atoms with van der Waals surface area (Å²) in [4.78, 5) is 20.4. The van der Waals surface area contributed by atoms with Gasteiger partial charge in [-0.2, -0.15) is 11.3 Å². The van der Waals surface area contributed by atoms with Gasteiger partial charge in [0.15, 0.2) is 5.69 Å². The standard InChI is InChI=1S/C21H17N7OS/c22-15-6-5-13(14-7-8-30-12-14)9-18(15)25-21(29)19-10-28(27-26-19)11-20-23-16-3-1-2-4-17(16)24-20/h1-10,12H,11,22H2,(H,23,24)(H,25,29). The quantitative estimate of drug-likeness (QED) is 0.378. The van der Waals surface area contributed by atoms with Gasteiger partial charge >= 0.3 is 0 Å². The molecule has 2 aromatic carbocycles. The van der Waals surface area contributed by atoms with Crippen LogP contribution in [0.4, 0.5) is 11.4 Å². The van der Waals surface area contributed by atoms with Crippen molar-refractivity contribution in [2.45, 2.75) is 6.54 Å². The van der Waals surface area contributed by atoms with E-state index in [4.69, 9.17) is 5.73 Å². The van der Waals surface area contributed by atoms with Crippen LogP contribution in [0.1, 0.15) is 16.3 Å². The topological polar surface area (TPSA) is 115 Å². The minimum Gasteiger partial charge on any atom is -0.397 e. The summed E-state index contributed by atoms with van der Waals surface area (Å²) < 4.78 is 1.57. The number of carbonyl (C=O) groups is 1. The molecule has 4 N–H and O–H groups in total. The van der Waals surface area contributed by atoms with Crippen molar-refractivity contribution in [3.8, 4) is 11.1 Å². The van der Waals surface area contributed by atoms with Crippen molar-refractivity contribution in [3.05, 3.63) is 77.0 Å². The van der Waals surface area contributed by atoms with Crippen LogP contribution in [0.25, 0.3) is 22.2 Å². The van der Waals surface area contributed by atoms with Gasteiger partial charge in [0.1, 0.15) is 12.4 Å². The third-order valence-electron chi connectivity index (χ3n) is 4.68. The summed E-state index contributed by atoms with van der Waals surface area (Å²) in [5, 5.41) is 14.9. The van der Waals surface area contributed by atoms with Crippen LogP contribution in [0.3, 0.4) is 0 Å². The van der Waals surface area contributed by atoms with Crippen LogP contribution in [-0.2, 0) is 6.54 Å². The molecule has 30 heavy (non-hydrogen) atoms. The average molecular weight is 415 g/mol. The molecule has 0 bridgehead atoms. The van der Waals surface area contributed by atoms with Crippen LogP contribution in [0, 0.1) is 0 Å². The molecule has 0 saturated carbocycles. The Balaban J connectivity index is 1.33. The number of carbonyl (C=O) groups excluding carboxylic acids is 1. The van der Waals surface area contributed by atoms with E-state index in [9.17, 15) is 4.79 Å². The lowest BCUT2D eigenvalue weighted by Gasteiger charge is -2.09. The molecule has 0 aliphatic rings. The molecule has 9 heteroatoms. The maximum atomic E-state index is 12.7.